The van der Waals surface area contributed by atoms with Crippen molar-refractivity contribution in [3.05, 3.63) is 59.1 Å². The monoisotopic (exact) mass is 491 g/mol. The summed E-state index contributed by atoms with van der Waals surface area (Å²) in [4.78, 5) is 0.105. The number of nitrogens with zero attached hydrogens (tertiary/aromatic N) is 4. The van der Waals surface area contributed by atoms with Gasteiger partial charge < -0.3 is 9.88 Å². The van der Waals surface area contributed by atoms with Crippen molar-refractivity contribution in [2.24, 2.45) is 7.05 Å². The van der Waals surface area contributed by atoms with Crippen molar-refractivity contribution < 1.29 is 12.8 Å². The zero-order valence-electron chi connectivity index (χ0n) is 19.0. The Hall–Kier alpha value is -2.49. The molecule has 0 spiro atoms. The van der Waals surface area contributed by atoms with Gasteiger partial charge in [0.25, 0.3) is 10.0 Å². The molecule has 7 nitrogen and oxygen atoms in total. The first kappa shape index (κ1) is 23.7. The molecule has 176 valence electrons. The summed E-state index contributed by atoms with van der Waals surface area (Å²) >= 11 is 6.14. The number of anilines is 1. The maximum atomic E-state index is 14.7. The molecule has 0 unspecified atom stereocenters. The van der Waals surface area contributed by atoms with Crippen molar-refractivity contribution in [2.75, 3.05) is 4.31 Å². The zero-order chi connectivity index (χ0) is 24.0. The molecule has 0 aliphatic heterocycles. The molecule has 0 amide bonds. The molecular weight excluding hydrogens is 465 g/mol. The van der Waals surface area contributed by atoms with Crippen molar-refractivity contribution in [2.45, 2.75) is 56.6 Å². The van der Waals surface area contributed by atoms with E-state index in [4.69, 9.17) is 11.6 Å². The molecule has 33 heavy (non-hydrogen) atoms. The van der Waals surface area contributed by atoms with Crippen LogP contribution in [0.15, 0.2) is 47.4 Å². The summed E-state index contributed by atoms with van der Waals surface area (Å²) in [6.45, 7) is 5.80. The van der Waals surface area contributed by atoms with Gasteiger partial charge in [-0.15, -0.1) is 10.2 Å². The summed E-state index contributed by atoms with van der Waals surface area (Å²) < 4.78 is 45.2. The highest BCUT2D eigenvalue weighted by molar-refractivity contribution is 7.93. The molecule has 0 bridgehead atoms. The first-order valence-corrected chi connectivity index (χ1v) is 12.5. The van der Waals surface area contributed by atoms with Crippen molar-refractivity contribution in [1.82, 2.24) is 20.1 Å². The highest BCUT2D eigenvalue weighted by Crippen LogP contribution is 2.40. The average Bonchev–Trinajstić information content (AvgIpc) is 3.50. The lowest BCUT2D eigenvalue weighted by Crippen LogP contribution is -2.46. The van der Waals surface area contributed by atoms with Crippen LogP contribution in [0.2, 0.25) is 5.02 Å². The van der Waals surface area contributed by atoms with E-state index in [9.17, 15) is 12.8 Å². The Kier molecular flexibility index (Phi) is 6.24. The van der Waals surface area contributed by atoms with E-state index in [1.54, 1.807) is 50.6 Å². The van der Waals surface area contributed by atoms with Gasteiger partial charge in [-0.1, -0.05) is 29.8 Å². The fourth-order valence-corrected chi connectivity index (χ4v) is 5.71. The van der Waals surface area contributed by atoms with Crippen molar-refractivity contribution in [3.8, 4) is 11.4 Å². The van der Waals surface area contributed by atoms with Gasteiger partial charge in [0, 0.05) is 30.3 Å². The first-order valence-electron chi connectivity index (χ1n) is 10.7. The number of rotatable bonds is 7. The van der Waals surface area contributed by atoms with Crippen LogP contribution in [0.25, 0.3) is 11.4 Å². The largest absolute Gasteiger partial charge is 0.313 e. The van der Waals surface area contributed by atoms with E-state index in [1.165, 1.54) is 22.5 Å². The summed E-state index contributed by atoms with van der Waals surface area (Å²) in [6.07, 6.45) is 2.28. The maximum Gasteiger partial charge on any atom is 0.264 e. The highest BCUT2D eigenvalue weighted by atomic mass is 35.5. The number of aromatic nitrogens is 3. The van der Waals surface area contributed by atoms with Crippen LogP contribution in [0.3, 0.4) is 0 Å². The van der Waals surface area contributed by atoms with Gasteiger partial charge in [0.1, 0.15) is 11.6 Å². The molecule has 1 fully saturated rings. The second kappa shape index (κ2) is 8.70. The van der Waals surface area contributed by atoms with Crippen LogP contribution in [-0.4, -0.2) is 34.8 Å². The molecule has 0 saturated heterocycles. The lowest BCUT2D eigenvalue weighted by molar-refractivity contribution is 0.534. The standard InChI is InChI=1S/C23H27ClFN5O2S/c1-23(2,3)30(33(31,32)16-8-6-5-7-9-16)20-13-19(25)18(24)12-17(20)22-28-27-21(29(22)4)14-26-15-10-11-15/h5-9,12-13,15,26H,10-11,14H2,1-4H3. The summed E-state index contributed by atoms with van der Waals surface area (Å²) in [6, 6.07) is 11.1. The Balaban J connectivity index is 1.88. The number of hydrogen-bond donors (Lipinski definition) is 1. The van der Waals surface area contributed by atoms with E-state index in [0.29, 0.717) is 29.8 Å². The summed E-state index contributed by atoms with van der Waals surface area (Å²) in [5.74, 6) is 0.374. The van der Waals surface area contributed by atoms with Gasteiger partial charge in [0.2, 0.25) is 0 Å². The molecule has 0 radical (unpaired) electrons. The van der Waals surface area contributed by atoms with Crippen LogP contribution >= 0.6 is 11.6 Å². The third-order valence-corrected chi connectivity index (χ3v) is 7.86. The topological polar surface area (TPSA) is 80.1 Å². The van der Waals surface area contributed by atoms with E-state index in [1.807, 2.05) is 0 Å². The van der Waals surface area contributed by atoms with Crippen molar-refractivity contribution in [1.29, 1.82) is 0 Å². The van der Waals surface area contributed by atoms with Crippen LogP contribution in [0.1, 0.15) is 39.4 Å². The van der Waals surface area contributed by atoms with Gasteiger partial charge in [-0.05, 0) is 51.8 Å². The van der Waals surface area contributed by atoms with Gasteiger partial charge in [-0.25, -0.2) is 12.8 Å². The molecule has 1 saturated carbocycles. The van der Waals surface area contributed by atoms with Crippen LogP contribution in [0.5, 0.6) is 0 Å². The van der Waals surface area contributed by atoms with Gasteiger partial charge >= 0.3 is 0 Å². The summed E-state index contributed by atoms with van der Waals surface area (Å²) in [5.41, 5.74) is -0.396. The molecule has 1 aromatic heterocycles. The molecule has 10 heteroatoms. The van der Waals surface area contributed by atoms with Crippen LogP contribution in [-0.2, 0) is 23.6 Å². The van der Waals surface area contributed by atoms with Gasteiger partial charge in [0.15, 0.2) is 5.82 Å². The van der Waals surface area contributed by atoms with E-state index < -0.39 is 21.4 Å². The quantitative estimate of drug-likeness (QED) is 0.525. The van der Waals surface area contributed by atoms with Crippen molar-refractivity contribution in [3.63, 3.8) is 0 Å². The molecule has 1 aliphatic rings. The third kappa shape index (κ3) is 4.76. The molecule has 3 aromatic rings. The minimum atomic E-state index is -4.04. The molecule has 4 rings (SSSR count). The summed E-state index contributed by atoms with van der Waals surface area (Å²) in [7, 11) is -2.24. The zero-order valence-corrected chi connectivity index (χ0v) is 20.6. The SMILES string of the molecule is Cn1c(CNC2CC2)nnc1-c1cc(Cl)c(F)cc1N(C(C)(C)C)S(=O)(=O)c1ccccc1. The van der Waals surface area contributed by atoms with Crippen LogP contribution in [0.4, 0.5) is 10.1 Å². The average molecular weight is 492 g/mol. The number of halogens is 2. The Labute approximate surface area is 198 Å². The van der Waals surface area contributed by atoms with Crippen LogP contribution < -0.4 is 9.62 Å². The molecule has 1 N–H and O–H groups in total. The molecule has 1 aliphatic carbocycles. The predicted molar refractivity (Wildman–Crippen MR) is 127 cm³/mol. The third-order valence-electron chi connectivity index (χ3n) is 5.48. The Bertz CT molecular complexity index is 1270. The number of hydrogen-bond acceptors (Lipinski definition) is 5. The molecule has 2 aromatic carbocycles. The second-order valence-corrected chi connectivity index (χ2v) is 11.4. The van der Waals surface area contributed by atoms with E-state index in [2.05, 4.69) is 15.5 Å². The molecule has 1 heterocycles. The van der Waals surface area contributed by atoms with E-state index in [-0.39, 0.29) is 15.6 Å². The lowest BCUT2D eigenvalue weighted by Gasteiger charge is -2.37. The van der Waals surface area contributed by atoms with Gasteiger partial charge in [-0.3, -0.25) is 4.31 Å². The highest BCUT2D eigenvalue weighted by Gasteiger charge is 2.37. The Morgan fingerprint density at radius 1 is 1.18 bits per heavy atom. The lowest BCUT2D eigenvalue weighted by atomic mass is 10.1. The molecule has 0 atom stereocenters. The van der Waals surface area contributed by atoms with Gasteiger partial charge in [-0.2, -0.15) is 0 Å². The van der Waals surface area contributed by atoms with E-state index in [0.717, 1.165) is 18.9 Å². The van der Waals surface area contributed by atoms with Gasteiger partial charge in [0.05, 0.1) is 22.2 Å². The fourth-order valence-electron chi connectivity index (χ4n) is 3.71. The molecular formula is C23H27ClFN5O2S. The second-order valence-electron chi connectivity index (χ2n) is 9.19. The smallest absolute Gasteiger partial charge is 0.264 e. The van der Waals surface area contributed by atoms with Crippen molar-refractivity contribution >= 4 is 27.3 Å². The minimum absolute atomic E-state index is 0.105. The van der Waals surface area contributed by atoms with Crippen LogP contribution in [0, 0.1) is 5.82 Å². The Morgan fingerprint density at radius 3 is 2.45 bits per heavy atom. The predicted octanol–water partition coefficient (Wildman–Crippen LogP) is 4.52. The summed E-state index contributed by atoms with van der Waals surface area (Å²) in [5, 5.41) is 11.8. The number of benzene rings is 2. The first-order chi connectivity index (χ1) is 15.5. The fraction of sp³-hybridized carbons (Fsp3) is 0.391. The van der Waals surface area contributed by atoms with E-state index >= 15 is 0 Å². The number of sulfonamides is 1. The Morgan fingerprint density at radius 2 is 1.85 bits per heavy atom. The minimum Gasteiger partial charge on any atom is -0.313 e. The normalized spacial score (nSPS) is 14.5. The number of nitrogens with one attached hydrogen (secondary N) is 1. The maximum absolute atomic E-state index is 14.7.